The van der Waals surface area contributed by atoms with E-state index in [0.29, 0.717) is 44.8 Å². The maximum Gasteiger partial charge on any atom is 0.679 e. The largest absolute Gasteiger partial charge is 0.679 e. The summed E-state index contributed by atoms with van der Waals surface area (Å²) in [6.07, 6.45) is 1.03. The van der Waals surface area contributed by atoms with Crippen molar-refractivity contribution in [3.8, 4) is 0 Å². The average Bonchev–Trinajstić information content (AvgIpc) is 2.35. The fourth-order valence-electron chi connectivity index (χ4n) is 1.42. The molecule has 0 fully saturated rings. The summed E-state index contributed by atoms with van der Waals surface area (Å²) in [6, 6.07) is 0. The van der Waals surface area contributed by atoms with Crippen LogP contribution in [0, 0.1) is 0 Å². The summed E-state index contributed by atoms with van der Waals surface area (Å²) >= 11 is 0. The van der Waals surface area contributed by atoms with Gasteiger partial charge in [-0.15, -0.1) is 0 Å². The van der Waals surface area contributed by atoms with Gasteiger partial charge in [0.05, 0.1) is 0 Å². The standard InChI is InChI=1S/C13H26O5Si/c1-6-15-19(16-7-2,17-8-3)18-11-9-10-13(14)12(4)5/h4,6-11H2,1-3,5H3. The molecule has 0 bridgehead atoms. The monoisotopic (exact) mass is 290 g/mol. The molecule has 0 spiro atoms. The van der Waals surface area contributed by atoms with Crippen LogP contribution in [0.25, 0.3) is 0 Å². The highest BCUT2D eigenvalue weighted by atomic mass is 28.4. The molecule has 0 saturated heterocycles. The van der Waals surface area contributed by atoms with Gasteiger partial charge in [0.15, 0.2) is 5.78 Å². The van der Waals surface area contributed by atoms with E-state index in [4.69, 9.17) is 17.7 Å². The number of allylic oxidation sites excluding steroid dienone is 1. The Bertz CT molecular complexity index is 263. The van der Waals surface area contributed by atoms with Gasteiger partial charge in [0.2, 0.25) is 0 Å². The van der Waals surface area contributed by atoms with Crippen LogP contribution in [0.2, 0.25) is 0 Å². The Morgan fingerprint density at radius 3 is 1.84 bits per heavy atom. The van der Waals surface area contributed by atoms with E-state index in [2.05, 4.69) is 6.58 Å². The molecule has 5 nitrogen and oxygen atoms in total. The van der Waals surface area contributed by atoms with Gasteiger partial charge < -0.3 is 17.7 Å². The lowest BCUT2D eigenvalue weighted by atomic mass is 10.1. The van der Waals surface area contributed by atoms with Crippen LogP contribution in [0.4, 0.5) is 0 Å². The van der Waals surface area contributed by atoms with Crippen LogP contribution in [0.3, 0.4) is 0 Å². The predicted octanol–water partition coefficient (Wildman–Crippen LogP) is 2.47. The van der Waals surface area contributed by atoms with E-state index in [1.807, 2.05) is 20.8 Å². The van der Waals surface area contributed by atoms with Crippen LogP contribution in [-0.2, 0) is 22.5 Å². The Kier molecular flexibility index (Phi) is 9.99. The molecule has 0 aliphatic heterocycles. The number of rotatable bonds is 12. The molecule has 0 unspecified atom stereocenters. The highest BCUT2D eigenvalue weighted by Crippen LogP contribution is 2.13. The van der Waals surface area contributed by atoms with Crippen LogP contribution >= 0.6 is 0 Å². The minimum Gasteiger partial charge on any atom is -0.351 e. The second kappa shape index (κ2) is 10.3. The summed E-state index contributed by atoms with van der Waals surface area (Å²) in [7, 11) is -3.03. The summed E-state index contributed by atoms with van der Waals surface area (Å²) in [4.78, 5) is 11.4. The molecule has 0 aromatic heterocycles. The van der Waals surface area contributed by atoms with Gasteiger partial charge in [-0.25, -0.2) is 0 Å². The molecule has 112 valence electrons. The quantitative estimate of drug-likeness (QED) is 0.314. The van der Waals surface area contributed by atoms with Crippen LogP contribution in [-0.4, -0.2) is 41.3 Å². The molecule has 6 heteroatoms. The summed E-state index contributed by atoms with van der Waals surface area (Å²) in [5, 5.41) is 0. The normalized spacial score (nSPS) is 11.6. The summed E-state index contributed by atoms with van der Waals surface area (Å²) in [5.41, 5.74) is 0.572. The molecule has 0 aromatic carbocycles. The topological polar surface area (TPSA) is 54.0 Å². The summed E-state index contributed by atoms with van der Waals surface area (Å²) in [6.45, 7) is 12.7. The molecule has 0 radical (unpaired) electrons. The van der Waals surface area contributed by atoms with E-state index in [1.54, 1.807) is 6.92 Å². The van der Waals surface area contributed by atoms with E-state index in [0.717, 1.165) is 0 Å². The Hall–Kier alpha value is -0.533. The number of hydrogen-bond donors (Lipinski definition) is 0. The Balaban J connectivity index is 4.24. The Morgan fingerprint density at radius 2 is 1.47 bits per heavy atom. The van der Waals surface area contributed by atoms with Crippen molar-refractivity contribution in [3.05, 3.63) is 12.2 Å². The van der Waals surface area contributed by atoms with Crippen LogP contribution < -0.4 is 0 Å². The van der Waals surface area contributed by atoms with Crippen molar-refractivity contribution >= 4 is 14.8 Å². The minimum absolute atomic E-state index is 0.0556. The average molecular weight is 290 g/mol. The third kappa shape index (κ3) is 7.59. The molecular formula is C13H26O5Si. The molecule has 0 amide bonds. The Labute approximate surface area is 117 Å². The molecule has 0 heterocycles. The fourth-order valence-corrected chi connectivity index (χ4v) is 3.38. The zero-order chi connectivity index (χ0) is 14.7. The molecule has 0 aliphatic carbocycles. The maximum atomic E-state index is 11.4. The smallest absolute Gasteiger partial charge is 0.351 e. The van der Waals surface area contributed by atoms with Gasteiger partial charge in [-0.3, -0.25) is 4.79 Å². The maximum absolute atomic E-state index is 11.4. The van der Waals surface area contributed by atoms with Gasteiger partial charge >= 0.3 is 9.05 Å². The minimum atomic E-state index is -3.03. The van der Waals surface area contributed by atoms with Crippen molar-refractivity contribution in [1.29, 1.82) is 0 Å². The van der Waals surface area contributed by atoms with Gasteiger partial charge in [0.1, 0.15) is 0 Å². The zero-order valence-electron chi connectivity index (χ0n) is 12.5. The molecule has 0 atom stereocenters. The first-order valence-electron chi connectivity index (χ1n) is 6.75. The summed E-state index contributed by atoms with van der Waals surface area (Å²) < 4.78 is 22.3. The van der Waals surface area contributed by atoms with Gasteiger partial charge in [-0.05, 0) is 39.7 Å². The van der Waals surface area contributed by atoms with E-state index in [-0.39, 0.29) is 5.78 Å². The highest BCUT2D eigenvalue weighted by Gasteiger charge is 2.44. The van der Waals surface area contributed by atoms with E-state index in [9.17, 15) is 4.79 Å². The zero-order valence-corrected chi connectivity index (χ0v) is 13.5. The molecule has 0 aliphatic rings. The van der Waals surface area contributed by atoms with Crippen molar-refractivity contribution in [1.82, 2.24) is 0 Å². The van der Waals surface area contributed by atoms with Crippen LogP contribution in [0.5, 0.6) is 0 Å². The van der Waals surface area contributed by atoms with Crippen LogP contribution in [0.15, 0.2) is 12.2 Å². The van der Waals surface area contributed by atoms with Gasteiger partial charge in [0.25, 0.3) is 0 Å². The lowest BCUT2D eigenvalue weighted by Gasteiger charge is -2.26. The first-order valence-corrected chi connectivity index (χ1v) is 8.39. The number of ketones is 1. The molecule has 0 rings (SSSR count). The van der Waals surface area contributed by atoms with Crippen LogP contribution in [0.1, 0.15) is 40.5 Å². The van der Waals surface area contributed by atoms with Crippen molar-refractivity contribution in [2.45, 2.75) is 40.5 Å². The third-order valence-electron chi connectivity index (χ3n) is 2.27. The number of hydrogen-bond acceptors (Lipinski definition) is 5. The van der Waals surface area contributed by atoms with Crippen molar-refractivity contribution < 1.29 is 22.5 Å². The molecular weight excluding hydrogens is 264 g/mol. The SMILES string of the molecule is C=C(C)C(=O)CCCO[Si](OCC)(OCC)OCC. The van der Waals surface area contributed by atoms with E-state index in [1.165, 1.54) is 0 Å². The van der Waals surface area contributed by atoms with Crippen molar-refractivity contribution in [3.63, 3.8) is 0 Å². The first kappa shape index (κ1) is 18.5. The fraction of sp³-hybridized carbons (Fsp3) is 0.769. The number of carbonyl (C=O) groups excluding carboxylic acids is 1. The number of carbonyl (C=O) groups is 1. The van der Waals surface area contributed by atoms with Crippen molar-refractivity contribution in [2.75, 3.05) is 26.4 Å². The van der Waals surface area contributed by atoms with E-state index >= 15 is 0 Å². The second-order valence-electron chi connectivity index (χ2n) is 3.95. The van der Waals surface area contributed by atoms with Gasteiger partial charge in [0, 0.05) is 32.8 Å². The van der Waals surface area contributed by atoms with E-state index < -0.39 is 9.05 Å². The molecule has 0 aromatic rings. The molecule has 0 N–H and O–H groups in total. The Morgan fingerprint density at radius 1 is 1.00 bits per heavy atom. The first-order chi connectivity index (χ1) is 9.01. The van der Waals surface area contributed by atoms with Gasteiger partial charge in [-0.1, -0.05) is 6.58 Å². The van der Waals surface area contributed by atoms with Crippen molar-refractivity contribution in [2.24, 2.45) is 0 Å². The second-order valence-corrected chi connectivity index (χ2v) is 6.11. The third-order valence-corrected chi connectivity index (χ3v) is 4.75. The van der Waals surface area contributed by atoms with Gasteiger partial charge in [-0.2, -0.15) is 0 Å². The predicted molar refractivity (Wildman–Crippen MR) is 75.6 cm³/mol. The lowest BCUT2D eigenvalue weighted by molar-refractivity contribution is -0.116. The highest BCUT2D eigenvalue weighted by molar-refractivity contribution is 6.53. The molecule has 0 saturated carbocycles. The summed E-state index contributed by atoms with van der Waals surface area (Å²) in [5.74, 6) is 0.0556. The molecule has 19 heavy (non-hydrogen) atoms. The number of Topliss-reactive ketones (excluding diaryl/α,β-unsaturated/α-hetero) is 1. The lowest BCUT2D eigenvalue weighted by Crippen LogP contribution is -2.49.